The number of nitrogens with two attached hydrogens (primary N) is 1. The number of rotatable bonds is 3. The Kier molecular flexibility index (Phi) is 3.54. The van der Waals surface area contributed by atoms with E-state index < -0.39 is 17.8 Å². The molecule has 1 heterocycles. The number of aliphatic carboxylic acids is 1. The Hall–Kier alpha value is -1.01. The van der Waals surface area contributed by atoms with E-state index in [4.69, 9.17) is 10.8 Å². The predicted octanol–water partition coefficient (Wildman–Crippen LogP) is 0.938. The number of carbonyl (C=O) groups is 1. The largest absolute Gasteiger partial charge is 0.480 e. The van der Waals surface area contributed by atoms with Crippen molar-refractivity contribution in [2.45, 2.75) is 12.5 Å². The Morgan fingerprint density at radius 1 is 1.79 bits per heavy atom. The number of hydrogen-bond donors (Lipinski definition) is 2. The van der Waals surface area contributed by atoms with Crippen LogP contribution >= 0.6 is 15.9 Å². The first kappa shape index (κ1) is 11.1. The molecule has 76 valence electrons. The molecule has 1 aromatic rings. The topological polar surface area (TPSA) is 76.2 Å². The summed E-state index contributed by atoms with van der Waals surface area (Å²) in [6.07, 6.45) is 1.28. The second-order valence-corrected chi connectivity index (χ2v) is 3.65. The average Bonchev–Trinajstić information content (AvgIpc) is 2.09. The second-order valence-electron chi connectivity index (χ2n) is 2.73. The predicted molar refractivity (Wildman–Crippen MR) is 51.2 cm³/mol. The van der Waals surface area contributed by atoms with Crippen molar-refractivity contribution < 1.29 is 14.3 Å². The molecule has 0 bridgehead atoms. The van der Waals surface area contributed by atoms with Crippen molar-refractivity contribution in [1.29, 1.82) is 0 Å². The van der Waals surface area contributed by atoms with Gasteiger partial charge < -0.3 is 10.8 Å². The van der Waals surface area contributed by atoms with Crippen LogP contribution < -0.4 is 5.73 Å². The summed E-state index contributed by atoms with van der Waals surface area (Å²) in [5.41, 5.74) is 5.30. The molecule has 14 heavy (non-hydrogen) atoms. The summed E-state index contributed by atoms with van der Waals surface area (Å²) in [4.78, 5) is 14.1. The summed E-state index contributed by atoms with van der Waals surface area (Å²) in [5.74, 6) is -1.73. The van der Waals surface area contributed by atoms with Gasteiger partial charge in [0.2, 0.25) is 0 Å². The molecule has 0 spiro atoms. The van der Waals surface area contributed by atoms with Gasteiger partial charge in [-0.15, -0.1) is 0 Å². The van der Waals surface area contributed by atoms with E-state index in [-0.39, 0.29) is 12.1 Å². The number of pyridine rings is 1. The first-order valence-corrected chi connectivity index (χ1v) is 4.58. The Balaban J connectivity index is 2.82. The standard InChI is InChI=1S/C8H8BrFN2O2/c9-4-1-5(10)7(12-3-4)2-6(11)8(13)14/h1,3,6H,2,11H2,(H,13,14)/t6-/m0/s1. The van der Waals surface area contributed by atoms with E-state index in [1.54, 1.807) is 0 Å². The van der Waals surface area contributed by atoms with Crippen LogP contribution in [-0.2, 0) is 11.2 Å². The van der Waals surface area contributed by atoms with Gasteiger partial charge in [-0.2, -0.15) is 0 Å². The SMILES string of the molecule is N[C@@H](Cc1ncc(Br)cc1F)C(=O)O. The van der Waals surface area contributed by atoms with Gasteiger partial charge in [-0.05, 0) is 22.0 Å². The van der Waals surface area contributed by atoms with Crippen LogP contribution in [-0.4, -0.2) is 22.1 Å². The van der Waals surface area contributed by atoms with Crippen LogP contribution in [0.3, 0.4) is 0 Å². The highest BCUT2D eigenvalue weighted by atomic mass is 79.9. The van der Waals surface area contributed by atoms with Gasteiger partial charge in [-0.1, -0.05) is 0 Å². The van der Waals surface area contributed by atoms with E-state index >= 15 is 0 Å². The molecule has 4 nitrogen and oxygen atoms in total. The molecule has 0 amide bonds. The molecule has 1 aromatic heterocycles. The summed E-state index contributed by atoms with van der Waals surface area (Å²) in [7, 11) is 0. The lowest BCUT2D eigenvalue weighted by Crippen LogP contribution is -2.32. The zero-order valence-electron chi connectivity index (χ0n) is 7.08. The number of halogens is 2. The van der Waals surface area contributed by atoms with Crippen LogP contribution in [0.2, 0.25) is 0 Å². The number of nitrogens with zero attached hydrogens (tertiary/aromatic N) is 1. The molecule has 0 aliphatic rings. The highest BCUT2D eigenvalue weighted by Crippen LogP contribution is 2.13. The van der Waals surface area contributed by atoms with E-state index in [1.165, 1.54) is 12.3 Å². The van der Waals surface area contributed by atoms with Gasteiger partial charge in [0, 0.05) is 17.1 Å². The molecular weight excluding hydrogens is 255 g/mol. The molecule has 0 fully saturated rings. The third kappa shape index (κ3) is 2.74. The van der Waals surface area contributed by atoms with Gasteiger partial charge in [0.1, 0.15) is 11.9 Å². The number of hydrogen-bond acceptors (Lipinski definition) is 3. The molecule has 0 aromatic carbocycles. The third-order valence-corrected chi connectivity index (χ3v) is 2.05. The summed E-state index contributed by atoms with van der Waals surface area (Å²) in [6, 6.07) is 0.0925. The van der Waals surface area contributed by atoms with Gasteiger partial charge in [-0.3, -0.25) is 9.78 Å². The maximum Gasteiger partial charge on any atom is 0.320 e. The van der Waals surface area contributed by atoms with Gasteiger partial charge in [0.05, 0.1) is 5.69 Å². The van der Waals surface area contributed by atoms with Gasteiger partial charge in [0.15, 0.2) is 0 Å². The fraction of sp³-hybridized carbons (Fsp3) is 0.250. The van der Waals surface area contributed by atoms with Crippen molar-refractivity contribution >= 4 is 21.9 Å². The molecule has 0 aliphatic heterocycles. The van der Waals surface area contributed by atoms with Crippen molar-refractivity contribution in [3.05, 3.63) is 28.2 Å². The maximum absolute atomic E-state index is 13.1. The van der Waals surface area contributed by atoms with E-state index in [2.05, 4.69) is 20.9 Å². The first-order chi connectivity index (χ1) is 6.50. The highest BCUT2D eigenvalue weighted by Gasteiger charge is 2.15. The Morgan fingerprint density at radius 3 is 2.93 bits per heavy atom. The smallest absolute Gasteiger partial charge is 0.320 e. The van der Waals surface area contributed by atoms with Gasteiger partial charge >= 0.3 is 5.97 Å². The first-order valence-electron chi connectivity index (χ1n) is 3.79. The van der Waals surface area contributed by atoms with Crippen molar-refractivity contribution in [2.75, 3.05) is 0 Å². The minimum absolute atomic E-state index is 0.0584. The number of aromatic nitrogens is 1. The molecule has 1 atom stereocenters. The quantitative estimate of drug-likeness (QED) is 0.850. The molecule has 6 heteroatoms. The Morgan fingerprint density at radius 2 is 2.43 bits per heavy atom. The van der Waals surface area contributed by atoms with Crippen LogP contribution in [0.15, 0.2) is 16.7 Å². The van der Waals surface area contributed by atoms with Crippen LogP contribution in [0.4, 0.5) is 4.39 Å². The fourth-order valence-electron chi connectivity index (χ4n) is 0.889. The Labute approximate surface area is 88.1 Å². The molecular formula is C8H8BrFN2O2. The van der Waals surface area contributed by atoms with E-state index in [0.717, 1.165) is 0 Å². The van der Waals surface area contributed by atoms with Crippen LogP contribution in [0.5, 0.6) is 0 Å². The third-order valence-electron chi connectivity index (χ3n) is 1.61. The van der Waals surface area contributed by atoms with E-state index in [1.807, 2.05) is 0 Å². The van der Waals surface area contributed by atoms with E-state index in [0.29, 0.717) is 4.47 Å². The fourth-order valence-corrected chi connectivity index (χ4v) is 1.19. The lowest BCUT2D eigenvalue weighted by Gasteiger charge is -2.06. The summed E-state index contributed by atoms with van der Waals surface area (Å²) in [6.45, 7) is 0. The Bertz CT molecular complexity index is 359. The molecule has 0 unspecified atom stereocenters. The maximum atomic E-state index is 13.1. The normalized spacial score (nSPS) is 12.5. The number of carboxylic acids is 1. The van der Waals surface area contributed by atoms with Crippen LogP contribution in [0, 0.1) is 5.82 Å². The summed E-state index contributed by atoms with van der Waals surface area (Å²) in [5, 5.41) is 8.50. The van der Waals surface area contributed by atoms with Crippen molar-refractivity contribution in [1.82, 2.24) is 4.98 Å². The summed E-state index contributed by atoms with van der Waals surface area (Å²) < 4.78 is 13.6. The molecule has 3 N–H and O–H groups in total. The minimum atomic E-state index is -1.17. The zero-order chi connectivity index (χ0) is 10.7. The van der Waals surface area contributed by atoms with Gasteiger partial charge in [0.25, 0.3) is 0 Å². The average molecular weight is 263 g/mol. The minimum Gasteiger partial charge on any atom is -0.480 e. The zero-order valence-corrected chi connectivity index (χ0v) is 8.66. The second kappa shape index (κ2) is 4.47. The van der Waals surface area contributed by atoms with Crippen molar-refractivity contribution in [2.24, 2.45) is 5.73 Å². The molecule has 0 saturated carbocycles. The monoisotopic (exact) mass is 262 g/mol. The number of carboxylic acid groups (broad SMARTS) is 1. The molecule has 0 radical (unpaired) electrons. The van der Waals surface area contributed by atoms with Crippen molar-refractivity contribution in [3.8, 4) is 0 Å². The molecule has 0 saturated heterocycles. The van der Waals surface area contributed by atoms with E-state index in [9.17, 15) is 9.18 Å². The highest BCUT2D eigenvalue weighted by molar-refractivity contribution is 9.10. The van der Waals surface area contributed by atoms with Crippen LogP contribution in [0.1, 0.15) is 5.69 Å². The molecule has 0 aliphatic carbocycles. The van der Waals surface area contributed by atoms with Gasteiger partial charge in [-0.25, -0.2) is 4.39 Å². The molecule has 1 rings (SSSR count). The summed E-state index contributed by atoms with van der Waals surface area (Å²) >= 11 is 3.04. The lowest BCUT2D eigenvalue weighted by atomic mass is 10.1. The van der Waals surface area contributed by atoms with Crippen LogP contribution in [0.25, 0.3) is 0 Å². The van der Waals surface area contributed by atoms with Crippen molar-refractivity contribution in [3.63, 3.8) is 0 Å². The lowest BCUT2D eigenvalue weighted by molar-refractivity contribution is -0.138.